The zero-order chi connectivity index (χ0) is 12.0. The number of amides is 1. The van der Waals surface area contributed by atoms with Crippen LogP contribution in [0.3, 0.4) is 0 Å². The highest BCUT2D eigenvalue weighted by Crippen LogP contribution is 2.20. The predicted molar refractivity (Wildman–Crippen MR) is 61.1 cm³/mol. The molecule has 0 radical (unpaired) electrons. The lowest BCUT2D eigenvalue weighted by atomic mass is 10.0. The van der Waals surface area contributed by atoms with Crippen molar-refractivity contribution in [3.63, 3.8) is 0 Å². The summed E-state index contributed by atoms with van der Waals surface area (Å²) in [5.41, 5.74) is 5.90. The van der Waals surface area contributed by atoms with Crippen molar-refractivity contribution in [3.05, 3.63) is 29.8 Å². The zero-order valence-electron chi connectivity index (χ0n) is 9.35. The molecule has 4 heteroatoms. The van der Waals surface area contributed by atoms with E-state index in [-0.39, 0.29) is 6.42 Å². The van der Waals surface area contributed by atoms with Gasteiger partial charge in [0.2, 0.25) is 5.91 Å². The summed E-state index contributed by atoms with van der Waals surface area (Å²) in [5.74, 6) is 0.245. The zero-order valence-corrected chi connectivity index (χ0v) is 9.35. The normalized spacial score (nSPS) is 12.1. The molecule has 0 spiro atoms. The molecule has 0 bridgehead atoms. The molecule has 0 fully saturated rings. The van der Waals surface area contributed by atoms with E-state index in [1.807, 2.05) is 31.2 Å². The molecular weight excluding hydrogens is 206 g/mol. The third kappa shape index (κ3) is 3.90. The van der Waals surface area contributed by atoms with Crippen LogP contribution in [0.5, 0.6) is 5.75 Å². The molecule has 4 nitrogen and oxygen atoms in total. The molecule has 0 aliphatic rings. The summed E-state index contributed by atoms with van der Waals surface area (Å²) in [5, 5.41) is 9.61. The lowest BCUT2D eigenvalue weighted by Gasteiger charge is -2.12. The topological polar surface area (TPSA) is 72.6 Å². The first-order valence-corrected chi connectivity index (χ1v) is 5.30. The van der Waals surface area contributed by atoms with E-state index in [1.165, 1.54) is 0 Å². The van der Waals surface area contributed by atoms with Crippen LogP contribution in [-0.2, 0) is 11.2 Å². The van der Waals surface area contributed by atoms with E-state index in [2.05, 4.69) is 0 Å². The van der Waals surface area contributed by atoms with Crippen molar-refractivity contribution in [1.82, 2.24) is 0 Å². The van der Waals surface area contributed by atoms with Crippen molar-refractivity contribution in [2.45, 2.75) is 25.9 Å². The largest absolute Gasteiger partial charge is 0.494 e. The van der Waals surface area contributed by atoms with E-state index in [4.69, 9.17) is 10.5 Å². The maximum Gasteiger partial charge on any atom is 0.220 e. The number of carbonyl (C=O) groups excluding carboxylic acids is 1. The van der Waals surface area contributed by atoms with Gasteiger partial charge in [-0.1, -0.05) is 18.2 Å². The van der Waals surface area contributed by atoms with Gasteiger partial charge in [-0.3, -0.25) is 4.79 Å². The smallest absolute Gasteiger partial charge is 0.220 e. The van der Waals surface area contributed by atoms with Gasteiger partial charge in [-0.2, -0.15) is 0 Å². The number of aliphatic hydroxyl groups is 1. The van der Waals surface area contributed by atoms with Gasteiger partial charge in [0.15, 0.2) is 0 Å². The van der Waals surface area contributed by atoms with E-state index in [0.717, 1.165) is 11.3 Å². The predicted octanol–water partition coefficient (Wildman–Crippen LogP) is 0.864. The molecular formula is C12H17NO3. The quantitative estimate of drug-likeness (QED) is 0.751. The summed E-state index contributed by atoms with van der Waals surface area (Å²) < 4.78 is 5.42. The molecule has 1 aromatic carbocycles. The molecule has 0 saturated heterocycles. The van der Waals surface area contributed by atoms with Crippen LogP contribution < -0.4 is 10.5 Å². The number of primary amides is 1. The number of hydrogen-bond donors (Lipinski definition) is 2. The summed E-state index contributed by atoms with van der Waals surface area (Å²) in [6.07, 6.45) is -0.404. The van der Waals surface area contributed by atoms with Crippen molar-refractivity contribution in [2.75, 3.05) is 6.61 Å². The molecule has 0 aliphatic heterocycles. The number of aliphatic hydroxyl groups excluding tert-OH is 1. The number of carbonyl (C=O) groups is 1. The summed E-state index contributed by atoms with van der Waals surface area (Å²) in [6, 6.07) is 7.45. The average Bonchev–Trinajstić information content (AvgIpc) is 2.20. The van der Waals surface area contributed by atoms with Crippen molar-refractivity contribution in [3.8, 4) is 5.75 Å². The first-order valence-electron chi connectivity index (χ1n) is 5.30. The first kappa shape index (κ1) is 12.5. The van der Waals surface area contributed by atoms with Gasteiger partial charge in [-0.05, 0) is 18.6 Å². The molecule has 0 heterocycles. The Morgan fingerprint density at radius 3 is 2.81 bits per heavy atom. The van der Waals surface area contributed by atoms with E-state index >= 15 is 0 Å². The lowest BCUT2D eigenvalue weighted by molar-refractivity contribution is -0.119. The molecule has 16 heavy (non-hydrogen) atoms. The number of para-hydroxylation sites is 1. The highest BCUT2D eigenvalue weighted by molar-refractivity contribution is 5.74. The molecule has 1 aromatic rings. The maximum absolute atomic E-state index is 10.6. The summed E-state index contributed by atoms with van der Waals surface area (Å²) in [6.45, 7) is 2.47. The standard InChI is InChI=1S/C12H17NO3/c1-2-16-11-6-4-3-5-9(11)7-10(14)8-12(13)15/h3-6,10,14H,2,7-8H2,1H3,(H2,13,15). The maximum atomic E-state index is 10.6. The van der Waals surface area contributed by atoms with Gasteiger partial charge in [0.05, 0.1) is 19.1 Å². The van der Waals surface area contributed by atoms with Crippen LogP contribution in [0.15, 0.2) is 24.3 Å². The molecule has 0 saturated carbocycles. The molecule has 1 amide bonds. The lowest BCUT2D eigenvalue weighted by Crippen LogP contribution is -2.21. The van der Waals surface area contributed by atoms with Crippen LogP contribution in [0.4, 0.5) is 0 Å². The molecule has 1 atom stereocenters. The third-order valence-electron chi connectivity index (χ3n) is 2.16. The van der Waals surface area contributed by atoms with Gasteiger partial charge < -0.3 is 15.6 Å². The minimum absolute atomic E-state index is 0.0273. The number of benzene rings is 1. The highest BCUT2D eigenvalue weighted by Gasteiger charge is 2.11. The SMILES string of the molecule is CCOc1ccccc1CC(O)CC(N)=O. The Hall–Kier alpha value is -1.55. The van der Waals surface area contributed by atoms with Crippen LogP contribution >= 0.6 is 0 Å². The van der Waals surface area contributed by atoms with Crippen LogP contribution in [0, 0.1) is 0 Å². The minimum atomic E-state index is -0.751. The average molecular weight is 223 g/mol. The van der Waals surface area contributed by atoms with Gasteiger partial charge in [-0.25, -0.2) is 0 Å². The fraction of sp³-hybridized carbons (Fsp3) is 0.417. The Labute approximate surface area is 95.0 Å². The Balaban J connectivity index is 2.68. The van der Waals surface area contributed by atoms with Crippen LogP contribution in [0.25, 0.3) is 0 Å². The van der Waals surface area contributed by atoms with Crippen molar-refractivity contribution in [2.24, 2.45) is 5.73 Å². The van der Waals surface area contributed by atoms with Gasteiger partial charge in [0.25, 0.3) is 0 Å². The third-order valence-corrected chi connectivity index (χ3v) is 2.16. The summed E-state index contributed by atoms with van der Waals surface area (Å²) in [7, 11) is 0. The molecule has 0 aliphatic carbocycles. The second-order valence-electron chi connectivity index (χ2n) is 3.57. The Kier molecular flexibility index (Phi) is 4.79. The van der Waals surface area contributed by atoms with E-state index in [9.17, 15) is 9.90 Å². The Morgan fingerprint density at radius 2 is 2.19 bits per heavy atom. The second kappa shape index (κ2) is 6.12. The molecule has 1 rings (SSSR count). The van der Waals surface area contributed by atoms with Crippen LogP contribution in [0.2, 0.25) is 0 Å². The summed E-state index contributed by atoms with van der Waals surface area (Å²) in [4.78, 5) is 10.6. The molecule has 0 aromatic heterocycles. The summed E-state index contributed by atoms with van der Waals surface area (Å²) >= 11 is 0. The van der Waals surface area contributed by atoms with Gasteiger partial charge in [0, 0.05) is 6.42 Å². The van der Waals surface area contributed by atoms with E-state index in [0.29, 0.717) is 13.0 Å². The first-order chi connectivity index (χ1) is 7.63. The second-order valence-corrected chi connectivity index (χ2v) is 3.57. The van der Waals surface area contributed by atoms with E-state index in [1.54, 1.807) is 0 Å². The van der Waals surface area contributed by atoms with Gasteiger partial charge in [-0.15, -0.1) is 0 Å². The monoisotopic (exact) mass is 223 g/mol. The van der Waals surface area contributed by atoms with E-state index < -0.39 is 12.0 Å². The van der Waals surface area contributed by atoms with Crippen LogP contribution in [0.1, 0.15) is 18.9 Å². The Bertz CT molecular complexity index is 352. The van der Waals surface area contributed by atoms with Gasteiger partial charge in [0.1, 0.15) is 5.75 Å². The number of ether oxygens (including phenoxy) is 1. The van der Waals surface area contributed by atoms with Gasteiger partial charge >= 0.3 is 0 Å². The molecule has 1 unspecified atom stereocenters. The number of nitrogens with two attached hydrogens (primary N) is 1. The van der Waals surface area contributed by atoms with Crippen molar-refractivity contribution >= 4 is 5.91 Å². The number of rotatable bonds is 6. The molecule has 3 N–H and O–H groups in total. The fourth-order valence-electron chi connectivity index (χ4n) is 1.53. The Morgan fingerprint density at radius 1 is 1.50 bits per heavy atom. The number of hydrogen-bond acceptors (Lipinski definition) is 3. The van der Waals surface area contributed by atoms with Crippen molar-refractivity contribution < 1.29 is 14.6 Å². The highest BCUT2D eigenvalue weighted by atomic mass is 16.5. The minimum Gasteiger partial charge on any atom is -0.494 e. The van der Waals surface area contributed by atoms with Crippen molar-refractivity contribution in [1.29, 1.82) is 0 Å². The molecule has 88 valence electrons. The fourth-order valence-corrected chi connectivity index (χ4v) is 1.53. The van der Waals surface area contributed by atoms with Crippen LogP contribution in [-0.4, -0.2) is 23.7 Å².